The summed E-state index contributed by atoms with van der Waals surface area (Å²) in [6.45, 7) is 4.09. The highest BCUT2D eigenvalue weighted by Gasteiger charge is 2.46. The number of thiazole rings is 1. The molecule has 0 spiro atoms. The van der Waals surface area contributed by atoms with Gasteiger partial charge in [0.15, 0.2) is 5.13 Å². The Morgan fingerprint density at radius 1 is 1.37 bits per heavy atom. The van der Waals surface area contributed by atoms with Crippen LogP contribution in [0.4, 0.5) is 5.13 Å². The first-order chi connectivity index (χ1) is 8.98. The molecule has 0 atom stereocenters. The zero-order chi connectivity index (χ0) is 13.6. The molecular formula is C13H15N3OS2. The average molecular weight is 293 g/mol. The van der Waals surface area contributed by atoms with Gasteiger partial charge in [0, 0.05) is 9.75 Å². The molecule has 100 valence electrons. The van der Waals surface area contributed by atoms with Crippen molar-refractivity contribution in [2.75, 3.05) is 5.32 Å². The van der Waals surface area contributed by atoms with E-state index in [1.165, 1.54) is 16.2 Å². The maximum Gasteiger partial charge on any atom is 0.246 e. The fraction of sp³-hybridized carbons (Fsp3) is 0.385. The topological polar surface area (TPSA) is 68.0 Å². The minimum Gasteiger partial charge on any atom is -0.317 e. The molecule has 2 aromatic heterocycles. The van der Waals surface area contributed by atoms with Gasteiger partial charge in [-0.3, -0.25) is 4.79 Å². The summed E-state index contributed by atoms with van der Waals surface area (Å²) in [5.41, 5.74) is 6.17. The fourth-order valence-corrected chi connectivity index (χ4v) is 3.63. The van der Waals surface area contributed by atoms with E-state index in [0.717, 1.165) is 28.3 Å². The van der Waals surface area contributed by atoms with Crippen molar-refractivity contribution in [2.45, 2.75) is 32.2 Å². The Hall–Kier alpha value is -1.24. The van der Waals surface area contributed by atoms with Crippen LogP contribution in [0.1, 0.15) is 22.6 Å². The van der Waals surface area contributed by atoms with Gasteiger partial charge in [0.1, 0.15) is 0 Å². The Balaban J connectivity index is 1.83. The molecule has 0 radical (unpaired) electrons. The quantitative estimate of drug-likeness (QED) is 0.914. The first kappa shape index (κ1) is 12.8. The number of aryl methyl sites for hydroxylation is 2. The van der Waals surface area contributed by atoms with E-state index in [9.17, 15) is 4.79 Å². The standard InChI is InChI=1S/C13H15N3OS2/c1-7-3-4-9(18-7)10-8(2)19-12(15-10)16-11(17)13(14)5-6-13/h3-4H,5-6,14H2,1-2H3,(H,15,16,17). The second-order valence-corrected chi connectivity index (χ2v) is 7.44. The van der Waals surface area contributed by atoms with E-state index in [0.29, 0.717) is 5.13 Å². The number of amides is 1. The van der Waals surface area contributed by atoms with Crippen LogP contribution in [-0.2, 0) is 4.79 Å². The third kappa shape index (κ3) is 2.43. The maximum atomic E-state index is 11.9. The van der Waals surface area contributed by atoms with E-state index in [4.69, 9.17) is 5.73 Å². The van der Waals surface area contributed by atoms with E-state index in [1.54, 1.807) is 11.3 Å². The number of nitrogens with one attached hydrogen (secondary N) is 1. The zero-order valence-corrected chi connectivity index (χ0v) is 12.5. The molecule has 3 N–H and O–H groups in total. The van der Waals surface area contributed by atoms with Gasteiger partial charge in [0.05, 0.1) is 16.1 Å². The lowest BCUT2D eigenvalue weighted by molar-refractivity contribution is -0.118. The van der Waals surface area contributed by atoms with Crippen molar-refractivity contribution < 1.29 is 4.79 Å². The first-order valence-electron chi connectivity index (χ1n) is 6.12. The molecule has 4 nitrogen and oxygen atoms in total. The van der Waals surface area contributed by atoms with Crippen molar-refractivity contribution in [1.82, 2.24) is 4.98 Å². The Kier molecular flexibility index (Phi) is 2.96. The predicted octanol–water partition coefficient (Wildman–Crippen LogP) is 2.92. The van der Waals surface area contributed by atoms with Crippen LogP contribution < -0.4 is 11.1 Å². The molecule has 3 rings (SSSR count). The molecule has 1 fully saturated rings. The Labute approximate surface area is 119 Å². The van der Waals surface area contributed by atoms with Crippen molar-refractivity contribution in [3.05, 3.63) is 21.9 Å². The largest absolute Gasteiger partial charge is 0.317 e. The van der Waals surface area contributed by atoms with Crippen molar-refractivity contribution in [3.8, 4) is 10.6 Å². The number of nitrogens with two attached hydrogens (primary N) is 1. The molecule has 2 aromatic rings. The van der Waals surface area contributed by atoms with Crippen molar-refractivity contribution in [2.24, 2.45) is 5.73 Å². The van der Waals surface area contributed by atoms with Gasteiger partial charge in [-0.2, -0.15) is 0 Å². The summed E-state index contributed by atoms with van der Waals surface area (Å²) in [4.78, 5) is 19.9. The summed E-state index contributed by atoms with van der Waals surface area (Å²) in [6, 6.07) is 4.15. The second kappa shape index (κ2) is 4.40. The molecule has 2 heterocycles. The van der Waals surface area contributed by atoms with Gasteiger partial charge in [0.2, 0.25) is 5.91 Å². The Morgan fingerprint density at radius 2 is 2.11 bits per heavy atom. The smallest absolute Gasteiger partial charge is 0.246 e. The highest BCUT2D eigenvalue weighted by Crippen LogP contribution is 2.37. The summed E-state index contributed by atoms with van der Waals surface area (Å²) in [7, 11) is 0. The average Bonchev–Trinajstić information content (AvgIpc) is 2.80. The lowest BCUT2D eigenvalue weighted by Gasteiger charge is -2.06. The summed E-state index contributed by atoms with van der Waals surface area (Å²) in [6.07, 6.45) is 1.53. The van der Waals surface area contributed by atoms with Crippen LogP contribution in [0.25, 0.3) is 10.6 Å². The number of anilines is 1. The summed E-state index contributed by atoms with van der Waals surface area (Å²) in [5, 5.41) is 3.47. The summed E-state index contributed by atoms with van der Waals surface area (Å²) >= 11 is 3.21. The van der Waals surface area contributed by atoms with E-state index in [1.807, 2.05) is 6.92 Å². The number of nitrogens with zero attached hydrogens (tertiary/aromatic N) is 1. The monoisotopic (exact) mass is 293 g/mol. The first-order valence-corrected chi connectivity index (χ1v) is 7.76. The van der Waals surface area contributed by atoms with Crippen LogP contribution >= 0.6 is 22.7 Å². The zero-order valence-electron chi connectivity index (χ0n) is 10.8. The van der Waals surface area contributed by atoms with Crippen LogP contribution in [0.3, 0.4) is 0 Å². The molecule has 0 saturated heterocycles. The minimum atomic E-state index is -0.654. The van der Waals surface area contributed by atoms with Crippen LogP contribution in [0.5, 0.6) is 0 Å². The van der Waals surface area contributed by atoms with Gasteiger partial charge >= 0.3 is 0 Å². The number of hydrogen-bond donors (Lipinski definition) is 2. The molecule has 1 aliphatic carbocycles. The Bertz CT molecular complexity index is 640. The normalized spacial score (nSPS) is 16.4. The third-order valence-electron chi connectivity index (χ3n) is 3.23. The number of rotatable bonds is 3. The number of carbonyl (C=O) groups excluding carboxylic acids is 1. The van der Waals surface area contributed by atoms with Crippen molar-refractivity contribution in [3.63, 3.8) is 0 Å². The SMILES string of the molecule is Cc1ccc(-c2nc(NC(=O)C3(N)CC3)sc2C)s1. The predicted molar refractivity (Wildman–Crippen MR) is 79.7 cm³/mol. The molecule has 1 saturated carbocycles. The van der Waals surface area contributed by atoms with Gasteiger partial charge in [-0.15, -0.1) is 22.7 Å². The van der Waals surface area contributed by atoms with Gasteiger partial charge in [-0.05, 0) is 38.8 Å². The van der Waals surface area contributed by atoms with Crippen LogP contribution in [-0.4, -0.2) is 16.4 Å². The van der Waals surface area contributed by atoms with E-state index in [-0.39, 0.29) is 5.91 Å². The van der Waals surface area contributed by atoms with Crippen LogP contribution in [0, 0.1) is 13.8 Å². The lowest BCUT2D eigenvalue weighted by atomic mass is 10.3. The van der Waals surface area contributed by atoms with Gasteiger partial charge in [0.25, 0.3) is 0 Å². The molecule has 1 amide bonds. The molecular weight excluding hydrogens is 278 g/mol. The van der Waals surface area contributed by atoms with Gasteiger partial charge < -0.3 is 11.1 Å². The molecule has 0 aromatic carbocycles. The molecule has 0 bridgehead atoms. The number of hydrogen-bond acceptors (Lipinski definition) is 5. The molecule has 6 heteroatoms. The van der Waals surface area contributed by atoms with Crippen molar-refractivity contribution >= 4 is 33.7 Å². The van der Waals surface area contributed by atoms with Crippen LogP contribution in [0.15, 0.2) is 12.1 Å². The molecule has 19 heavy (non-hydrogen) atoms. The molecule has 0 unspecified atom stereocenters. The molecule has 1 aliphatic rings. The summed E-state index contributed by atoms with van der Waals surface area (Å²) < 4.78 is 0. The highest BCUT2D eigenvalue weighted by molar-refractivity contribution is 7.18. The van der Waals surface area contributed by atoms with Crippen LogP contribution in [0.2, 0.25) is 0 Å². The highest BCUT2D eigenvalue weighted by atomic mass is 32.1. The van der Waals surface area contributed by atoms with Crippen molar-refractivity contribution in [1.29, 1.82) is 0 Å². The number of carbonyl (C=O) groups is 1. The maximum absolute atomic E-state index is 11.9. The number of thiophene rings is 1. The third-order valence-corrected chi connectivity index (χ3v) is 5.13. The van der Waals surface area contributed by atoms with E-state index in [2.05, 4.69) is 29.4 Å². The fourth-order valence-electron chi connectivity index (χ4n) is 1.82. The Morgan fingerprint density at radius 3 is 2.68 bits per heavy atom. The van der Waals surface area contributed by atoms with Gasteiger partial charge in [-0.1, -0.05) is 0 Å². The summed E-state index contributed by atoms with van der Waals surface area (Å²) in [5.74, 6) is -0.116. The second-order valence-electron chi connectivity index (χ2n) is 4.94. The van der Waals surface area contributed by atoms with E-state index >= 15 is 0 Å². The number of aromatic nitrogens is 1. The minimum absolute atomic E-state index is 0.116. The molecule has 0 aliphatic heterocycles. The van der Waals surface area contributed by atoms with E-state index < -0.39 is 5.54 Å². The lowest BCUT2D eigenvalue weighted by Crippen LogP contribution is -2.37. The van der Waals surface area contributed by atoms with Gasteiger partial charge in [-0.25, -0.2) is 4.98 Å².